The molecule has 1 aliphatic carbocycles. The first kappa shape index (κ1) is 17.3. The van der Waals surface area contributed by atoms with Crippen LogP contribution in [-0.2, 0) is 19.4 Å². The van der Waals surface area contributed by atoms with Gasteiger partial charge >= 0.3 is 0 Å². The van der Waals surface area contributed by atoms with Crippen molar-refractivity contribution in [2.75, 3.05) is 11.9 Å². The van der Waals surface area contributed by atoms with Gasteiger partial charge in [-0.05, 0) is 42.9 Å². The Morgan fingerprint density at radius 1 is 1.21 bits per heavy atom. The van der Waals surface area contributed by atoms with Crippen molar-refractivity contribution in [3.8, 4) is 11.4 Å². The number of anilines is 1. The van der Waals surface area contributed by atoms with E-state index in [1.165, 1.54) is 22.2 Å². The van der Waals surface area contributed by atoms with Crippen LogP contribution < -0.4 is 5.32 Å². The molecule has 142 valence electrons. The molecule has 7 heteroatoms. The standard InChI is InChI=1S/C21H22N6S/c1-14(12-27-9-8-23-13-27)10-24-20-18-16-5-2-6-17(16)28-21(18)26-19(25-20)15-4-3-7-22-11-15/h3-4,7-9,11,13-14H,2,5-6,10,12H2,1H3,(H,24,25,26)/t14-/m0/s1. The maximum Gasteiger partial charge on any atom is 0.164 e. The summed E-state index contributed by atoms with van der Waals surface area (Å²) in [5, 5.41) is 4.85. The van der Waals surface area contributed by atoms with E-state index in [1.807, 2.05) is 48.4 Å². The fourth-order valence-electron chi connectivity index (χ4n) is 3.84. The highest BCUT2D eigenvalue weighted by Crippen LogP contribution is 2.40. The Morgan fingerprint density at radius 2 is 2.18 bits per heavy atom. The first-order valence-electron chi connectivity index (χ1n) is 9.70. The molecule has 0 bridgehead atoms. The first-order chi connectivity index (χ1) is 13.8. The van der Waals surface area contributed by atoms with Gasteiger partial charge in [-0.3, -0.25) is 4.98 Å². The van der Waals surface area contributed by atoms with Gasteiger partial charge in [-0.2, -0.15) is 0 Å². The van der Waals surface area contributed by atoms with Crippen LogP contribution in [0.15, 0.2) is 43.2 Å². The van der Waals surface area contributed by atoms with Crippen LogP contribution in [0, 0.1) is 5.92 Å². The minimum Gasteiger partial charge on any atom is -0.369 e. The molecule has 1 aliphatic rings. The third-order valence-electron chi connectivity index (χ3n) is 5.18. The highest BCUT2D eigenvalue weighted by Gasteiger charge is 2.23. The number of hydrogen-bond donors (Lipinski definition) is 1. The van der Waals surface area contributed by atoms with Gasteiger partial charge in [0.2, 0.25) is 0 Å². The number of rotatable bonds is 6. The van der Waals surface area contributed by atoms with Crippen LogP contribution in [0.5, 0.6) is 0 Å². The number of aromatic nitrogens is 5. The summed E-state index contributed by atoms with van der Waals surface area (Å²) in [4.78, 5) is 20.7. The predicted molar refractivity (Wildman–Crippen MR) is 113 cm³/mol. The topological polar surface area (TPSA) is 68.5 Å². The Hall–Kier alpha value is -2.80. The highest BCUT2D eigenvalue weighted by molar-refractivity contribution is 7.19. The quantitative estimate of drug-likeness (QED) is 0.535. The summed E-state index contributed by atoms with van der Waals surface area (Å²) in [5.41, 5.74) is 2.40. The molecule has 0 aliphatic heterocycles. The molecule has 28 heavy (non-hydrogen) atoms. The number of aryl methyl sites for hydroxylation is 2. The van der Waals surface area contributed by atoms with Gasteiger partial charge in [0.15, 0.2) is 5.82 Å². The molecule has 4 aromatic rings. The second kappa shape index (κ2) is 7.31. The second-order valence-corrected chi connectivity index (χ2v) is 8.50. The van der Waals surface area contributed by atoms with Crippen molar-refractivity contribution < 1.29 is 0 Å². The van der Waals surface area contributed by atoms with E-state index in [2.05, 4.69) is 26.8 Å². The van der Waals surface area contributed by atoms with E-state index in [1.54, 1.807) is 6.20 Å². The van der Waals surface area contributed by atoms with E-state index in [0.29, 0.717) is 5.92 Å². The van der Waals surface area contributed by atoms with Gasteiger partial charge in [0.25, 0.3) is 0 Å². The van der Waals surface area contributed by atoms with E-state index in [-0.39, 0.29) is 0 Å². The van der Waals surface area contributed by atoms with Crippen LogP contribution in [0.1, 0.15) is 23.8 Å². The van der Waals surface area contributed by atoms with E-state index in [9.17, 15) is 0 Å². The zero-order chi connectivity index (χ0) is 18.9. The third kappa shape index (κ3) is 3.26. The molecular formula is C21H22N6S. The van der Waals surface area contributed by atoms with Crippen LogP contribution in [0.2, 0.25) is 0 Å². The first-order valence-corrected chi connectivity index (χ1v) is 10.5. The molecule has 0 unspecified atom stereocenters. The summed E-state index contributed by atoms with van der Waals surface area (Å²) < 4.78 is 2.12. The van der Waals surface area contributed by atoms with E-state index in [0.717, 1.165) is 48.0 Å². The number of fused-ring (bicyclic) bond motifs is 3. The molecule has 1 N–H and O–H groups in total. The molecule has 4 aromatic heterocycles. The smallest absolute Gasteiger partial charge is 0.164 e. The molecule has 0 amide bonds. The fourth-order valence-corrected chi connectivity index (χ4v) is 5.10. The molecule has 0 radical (unpaired) electrons. The Kier molecular flexibility index (Phi) is 4.52. The monoisotopic (exact) mass is 390 g/mol. The number of nitrogens with one attached hydrogen (secondary N) is 1. The predicted octanol–water partition coefficient (Wildman–Crippen LogP) is 4.19. The van der Waals surface area contributed by atoms with Crippen molar-refractivity contribution in [2.45, 2.75) is 32.7 Å². The lowest BCUT2D eigenvalue weighted by Gasteiger charge is -2.15. The number of hydrogen-bond acceptors (Lipinski definition) is 6. The van der Waals surface area contributed by atoms with Crippen molar-refractivity contribution >= 4 is 27.4 Å². The van der Waals surface area contributed by atoms with Crippen LogP contribution in [0.3, 0.4) is 0 Å². The molecule has 0 spiro atoms. The Morgan fingerprint density at radius 3 is 3.00 bits per heavy atom. The van der Waals surface area contributed by atoms with Gasteiger partial charge in [-0.1, -0.05) is 6.92 Å². The number of nitrogens with zero attached hydrogens (tertiary/aromatic N) is 5. The van der Waals surface area contributed by atoms with Gasteiger partial charge in [0.1, 0.15) is 10.6 Å². The van der Waals surface area contributed by atoms with Crippen LogP contribution in [0.25, 0.3) is 21.6 Å². The highest BCUT2D eigenvalue weighted by atomic mass is 32.1. The number of pyridine rings is 1. The maximum atomic E-state index is 4.92. The molecule has 6 nitrogen and oxygen atoms in total. The molecular weight excluding hydrogens is 368 g/mol. The third-order valence-corrected chi connectivity index (χ3v) is 6.37. The minimum atomic E-state index is 0.452. The summed E-state index contributed by atoms with van der Waals surface area (Å²) in [6.45, 7) is 4.02. The Bertz CT molecular complexity index is 1090. The summed E-state index contributed by atoms with van der Waals surface area (Å²) >= 11 is 1.82. The van der Waals surface area contributed by atoms with Crippen molar-refractivity contribution in [1.29, 1.82) is 0 Å². The van der Waals surface area contributed by atoms with Gasteiger partial charge in [-0.25, -0.2) is 15.0 Å². The van der Waals surface area contributed by atoms with Crippen molar-refractivity contribution in [2.24, 2.45) is 5.92 Å². The summed E-state index contributed by atoms with van der Waals surface area (Å²) in [5.74, 6) is 2.15. The van der Waals surface area contributed by atoms with Crippen molar-refractivity contribution in [1.82, 2.24) is 24.5 Å². The largest absolute Gasteiger partial charge is 0.369 e. The molecule has 1 atom stereocenters. The average molecular weight is 391 g/mol. The zero-order valence-corrected chi connectivity index (χ0v) is 16.6. The van der Waals surface area contributed by atoms with Gasteiger partial charge in [0, 0.05) is 48.3 Å². The molecule has 0 fully saturated rings. The summed E-state index contributed by atoms with van der Waals surface area (Å²) in [6, 6.07) is 3.94. The average Bonchev–Trinajstić information content (AvgIpc) is 3.44. The van der Waals surface area contributed by atoms with Crippen molar-refractivity contribution in [3.63, 3.8) is 0 Å². The summed E-state index contributed by atoms with van der Waals surface area (Å²) in [7, 11) is 0. The SMILES string of the molecule is C[C@@H](CNc1nc(-c2cccnc2)nc2sc3c(c12)CCC3)Cn1ccnc1. The Balaban J connectivity index is 1.48. The molecule has 0 saturated heterocycles. The number of imidazole rings is 1. The summed E-state index contributed by atoms with van der Waals surface area (Å²) in [6.07, 6.45) is 12.8. The molecule has 4 heterocycles. The fraction of sp³-hybridized carbons (Fsp3) is 0.333. The van der Waals surface area contributed by atoms with Crippen LogP contribution in [0.4, 0.5) is 5.82 Å². The van der Waals surface area contributed by atoms with Gasteiger partial charge in [-0.15, -0.1) is 11.3 Å². The molecule has 0 aromatic carbocycles. The van der Waals surface area contributed by atoms with E-state index in [4.69, 9.17) is 9.97 Å². The van der Waals surface area contributed by atoms with Gasteiger partial charge in [0.05, 0.1) is 11.7 Å². The lowest BCUT2D eigenvalue weighted by molar-refractivity contribution is 0.503. The molecule has 0 saturated carbocycles. The van der Waals surface area contributed by atoms with E-state index < -0.39 is 0 Å². The van der Waals surface area contributed by atoms with Crippen molar-refractivity contribution in [3.05, 3.63) is 53.7 Å². The maximum absolute atomic E-state index is 4.92. The molecule has 5 rings (SSSR count). The minimum absolute atomic E-state index is 0.452. The second-order valence-electron chi connectivity index (χ2n) is 7.42. The van der Waals surface area contributed by atoms with Crippen LogP contribution in [-0.4, -0.2) is 31.0 Å². The zero-order valence-electron chi connectivity index (χ0n) is 15.8. The lowest BCUT2D eigenvalue weighted by atomic mass is 10.1. The van der Waals surface area contributed by atoms with Gasteiger partial charge < -0.3 is 9.88 Å². The van der Waals surface area contributed by atoms with Crippen LogP contribution >= 0.6 is 11.3 Å². The number of thiophene rings is 1. The van der Waals surface area contributed by atoms with E-state index >= 15 is 0 Å². The normalized spacial score (nSPS) is 14.3. The Labute approximate surface area is 167 Å². The lowest BCUT2D eigenvalue weighted by Crippen LogP contribution is -2.17.